The van der Waals surface area contributed by atoms with Gasteiger partial charge in [0.2, 0.25) is 5.91 Å². The first kappa shape index (κ1) is 22.5. The quantitative estimate of drug-likeness (QED) is 0.699. The Hall–Kier alpha value is -1.79. The molecule has 2 aliphatic rings. The molecule has 6 nitrogen and oxygen atoms in total. The van der Waals surface area contributed by atoms with Crippen LogP contribution >= 0.6 is 12.4 Å². The van der Waals surface area contributed by atoms with Crippen LogP contribution in [-0.4, -0.2) is 42.0 Å². The van der Waals surface area contributed by atoms with E-state index >= 15 is 0 Å². The number of piperidine rings is 1. The number of carbonyl (C=O) groups excluding carboxylic acids is 2. The van der Waals surface area contributed by atoms with Crippen LogP contribution in [0.15, 0.2) is 30.3 Å². The average Bonchev–Trinajstić information content (AvgIpc) is 2.70. The highest BCUT2D eigenvalue weighted by atomic mass is 35.5. The van der Waals surface area contributed by atoms with E-state index in [2.05, 4.69) is 10.6 Å². The summed E-state index contributed by atoms with van der Waals surface area (Å²) in [4.78, 5) is 26.6. The van der Waals surface area contributed by atoms with Gasteiger partial charge in [-0.1, -0.05) is 49.6 Å². The van der Waals surface area contributed by atoms with Gasteiger partial charge in [-0.3, -0.25) is 4.79 Å². The van der Waals surface area contributed by atoms with Crippen LogP contribution in [0.2, 0.25) is 0 Å². The first-order valence-electron chi connectivity index (χ1n) is 10.3. The van der Waals surface area contributed by atoms with Crippen molar-refractivity contribution in [2.45, 2.75) is 69.5 Å². The number of urea groups is 1. The van der Waals surface area contributed by atoms with Gasteiger partial charge in [-0.05, 0) is 31.2 Å². The monoisotopic (exact) mass is 408 g/mol. The summed E-state index contributed by atoms with van der Waals surface area (Å²) in [6.45, 7) is 1.35. The van der Waals surface area contributed by atoms with Gasteiger partial charge in [0.1, 0.15) is 0 Å². The highest BCUT2D eigenvalue weighted by Crippen LogP contribution is 2.19. The minimum Gasteiger partial charge on any atom is -0.342 e. The van der Waals surface area contributed by atoms with Crippen molar-refractivity contribution in [2.24, 2.45) is 5.73 Å². The third-order valence-corrected chi connectivity index (χ3v) is 5.75. The predicted molar refractivity (Wildman–Crippen MR) is 113 cm³/mol. The number of amides is 3. The fourth-order valence-electron chi connectivity index (χ4n) is 4.07. The van der Waals surface area contributed by atoms with E-state index in [1.165, 1.54) is 19.3 Å². The van der Waals surface area contributed by atoms with Gasteiger partial charge in [0.15, 0.2) is 0 Å². The van der Waals surface area contributed by atoms with E-state index in [4.69, 9.17) is 5.73 Å². The Labute approximate surface area is 174 Å². The zero-order valence-corrected chi connectivity index (χ0v) is 17.3. The summed E-state index contributed by atoms with van der Waals surface area (Å²) in [5, 5.41) is 6.18. The minimum atomic E-state index is -0.268. The van der Waals surface area contributed by atoms with E-state index in [9.17, 15) is 9.59 Å². The second-order valence-electron chi connectivity index (χ2n) is 7.83. The molecule has 1 saturated carbocycles. The van der Waals surface area contributed by atoms with Crippen molar-refractivity contribution < 1.29 is 9.59 Å². The summed E-state index contributed by atoms with van der Waals surface area (Å²) in [7, 11) is 0. The van der Waals surface area contributed by atoms with Gasteiger partial charge in [0, 0.05) is 37.6 Å². The summed E-state index contributed by atoms with van der Waals surface area (Å²) in [5.41, 5.74) is 7.16. The fraction of sp³-hybridized carbons (Fsp3) is 0.619. The minimum absolute atomic E-state index is 0. The number of hydrogen-bond acceptors (Lipinski definition) is 3. The highest BCUT2D eigenvalue weighted by Gasteiger charge is 2.25. The van der Waals surface area contributed by atoms with E-state index in [1.807, 2.05) is 35.2 Å². The molecule has 1 aromatic rings. The number of halogens is 1. The van der Waals surface area contributed by atoms with Crippen molar-refractivity contribution in [3.8, 4) is 0 Å². The molecule has 156 valence electrons. The highest BCUT2D eigenvalue weighted by molar-refractivity contribution is 5.85. The molecule has 3 rings (SSSR count). The van der Waals surface area contributed by atoms with Crippen molar-refractivity contribution >= 4 is 24.3 Å². The largest absolute Gasteiger partial charge is 0.342 e. The van der Waals surface area contributed by atoms with Gasteiger partial charge in [0.05, 0.1) is 0 Å². The van der Waals surface area contributed by atoms with Crippen LogP contribution in [0.25, 0.3) is 0 Å². The summed E-state index contributed by atoms with van der Waals surface area (Å²) < 4.78 is 0. The molecule has 0 aromatic heterocycles. The molecule has 2 fully saturated rings. The van der Waals surface area contributed by atoms with Crippen molar-refractivity contribution in [3.63, 3.8) is 0 Å². The molecular weight excluding hydrogens is 376 g/mol. The first-order valence-corrected chi connectivity index (χ1v) is 10.3. The van der Waals surface area contributed by atoms with Crippen LogP contribution in [0.5, 0.6) is 0 Å². The maximum absolute atomic E-state index is 12.5. The van der Waals surface area contributed by atoms with Gasteiger partial charge in [-0.2, -0.15) is 0 Å². The van der Waals surface area contributed by atoms with Crippen LogP contribution in [0.3, 0.4) is 0 Å². The summed E-state index contributed by atoms with van der Waals surface area (Å²) in [5.74, 6) is 0.0939. The van der Waals surface area contributed by atoms with E-state index < -0.39 is 0 Å². The molecule has 1 aromatic carbocycles. The van der Waals surface area contributed by atoms with E-state index in [1.54, 1.807) is 0 Å². The Morgan fingerprint density at radius 2 is 1.54 bits per heavy atom. The lowest BCUT2D eigenvalue weighted by Gasteiger charge is -2.33. The molecule has 1 saturated heterocycles. The Balaban J connectivity index is 0.00000280. The Kier molecular flexibility index (Phi) is 9.06. The van der Waals surface area contributed by atoms with Crippen molar-refractivity contribution in [1.82, 2.24) is 15.5 Å². The Bertz CT molecular complexity index is 614. The van der Waals surface area contributed by atoms with Gasteiger partial charge < -0.3 is 21.3 Å². The van der Waals surface area contributed by atoms with Crippen LogP contribution in [0, 0.1) is 0 Å². The number of nitrogens with zero attached hydrogens (tertiary/aromatic N) is 1. The summed E-state index contributed by atoms with van der Waals surface area (Å²) >= 11 is 0. The van der Waals surface area contributed by atoms with Crippen LogP contribution in [-0.2, 0) is 4.79 Å². The number of benzene rings is 1. The number of rotatable bonds is 5. The molecule has 7 heteroatoms. The number of hydrogen-bond donors (Lipinski definition) is 3. The lowest BCUT2D eigenvalue weighted by atomic mass is 9.96. The number of nitrogens with one attached hydrogen (secondary N) is 2. The molecule has 1 unspecified atom stereocenters. The predicted octanol–water partition coefficient (Wildman–Crippen LogP) is 3.12. The molecule has 1 aliphatic heterocycles. The number of nitrogens with two attached hydrogens (primary N) is 1. The Morgan fingerprint density at radius 1 is 0.964 bits per heavy atom. The topological polar surface area (TPSA) is 87.5 Å². The molecule has 4 N–H and O–H groups in total. The molecule has 1 heterocycles. The Morgan fingerprint density at radius 3 is 2.14 bits per heavy atom. The van der Waals surface area contributed by atoms with Crippen LogP contribution < -0.4 is 16.4 Å². The lowest BCUT2D eigenvalue weighted by Crippen LogP contribution is -2.51. The van der Waals surface area contributed by atoms with Crippen molar-refractivity contribution in [2.75, 3.05) is 13.1 Å². The smallest absolute Gasteiger partial charge is 0.315 e. The third kappa shape index (κ3) is 6.67. The van der Waals surface area contributed by atoms with Gasteiger partial charge in [-0.25, -0.2) is 4.79 Å². The summed E-state index contributed by atoms with van der Waals surface area (Å²) in [6.07, 6.45) is 7.77. The second kappa shape index (κ2) is 11.3. The molecule has 1 atom stereocenters. The molecule has 0 spiro atoms. The zero-order valence-electron chi connectivity index (χ0n) is 16.4. The fourth-order valence-corrected chi connectivity index (χ4v) is 4.07. The SMILES string of the molecule is Cl.NC(CC(=O)N1CCC(NC(=O)NC2CCCCC2)CC1)c1ccccc1. The molecule has 1 aliphatic carbocycles. The zero-order chi connectivity index (χ0) is 19.1. The van der Waals surface area contributed by atoms with Gasteiger partial charge in [-0.15, -0.1) is 12.4 Å². The van der Waals surface area contributed by atoms with Crippen LogP contribution in [0.4, 0.5) is 4.79 Å². The van der Waals surface area contributed by atoms with Crippen molar-refractivity contribution in [3.05, 3.63) is 35.9 Å². The van der Waals surface area contributed by atoms with E-state index in [-0.39, 0.29) is 36.4 Å². The second-order valence-corrected chi connectivity index (χ2v) is 7.83. The van der Waals surface area contributed by atoms with E-state index in [0.29, 0.717) is 25.6 Å². The normalized spacial score (nSPS) is 19.4. The molecule has 0 radical (unpaired) electrons. The maximum atomic E-state index is 12.5. The number of likely N-dealkylation sites (tertiary alicyclic amines) is 1. The standard InChI is InChI=1S/C21H32N4O2.ClH/c22-19(16-7-3-1-4-8-16)15-20(26)25-13-11-18(12-14-25)24-21(27)23-17-9-5-2-6-10-17;/h1,3-4,7-8,17-19H,2,5-6,9-15,22H2,(H2,23,24,27);1H. The van der Waals surface area contributed by atoms with E-state index in [0.717, 1.165) is 31.2 Å². The average molecular weight is 409 g/mol. The molecule has 0 bridgehead atoms. The lowest BCUT2D eigenvalue weighted by molar-refractivity contribution is -0.132. The molecule has 3 amide bonds. The maximum Gasteiger partial charge on any atom is 0.315 e. The van der Waals surface area contributed by atoms with Crippen molar-refractivity contribution in [1.29, 1.82) is 0 Å². The molecular formula is C21H33ClN4O2. The number of carbonyl (C=O) groups is 2. The summed E-state index contributed by atoms with van der Waals surface area (Å²) in [6, 6.07) is 9.87. The molecule has 28 heavy (non-hydrogen) atoms. The van der Waals surface area contributed by atoms with Gasteiger partial charge >= 0.3 is 6.03 Å². The first-order chi connectivity index (χ1) is 13.1. The van der Waals surface area contributed by atoms with Crippen LogP contribution in [0.1, 0.15) is 63.0 Å². The van der Waals surface area contributed by atoms with Gasteiger partial charge in [0.25, 0.3) is 0 Å². The third-order valence-electron chi connectivity index (χ3n) is 5.75.